The number of nitrogens with zero attached hydrogens (tertiary/aromatic N) is 2. The lowest BCUT2D eigenvalue weighted by atomic mass is 9.83. The third kappa shape index (κ3) is 8.55. The number of ether oxygens (including phenoxy) is 1. The highest BCUT2D eigenvalue weighted by molar-refractivity contribution is 7.51. The molecule has 1 aromatic heterocycles. The van der Waals surface area contributed by atoms with Crippen LogP contribution in [-0.2, 0) is 24.4 Å². The van der Waals surface area contributed by atoms with Gasteiger partial charge in [-0.3, -0.25) is 9.36 Å². The Kier molecular flexibility index (Phi) is 11.8. The van der Waals surface area contributed by atoms with Crippen molar-refractivity contribution in [2.24, 2.45) is 17.3 Å². The molecule has 224 valence electrons. The van der Waals surface area contributed by atoms with E-state index < -0.39 is 59.5 Å². The molecule has 1 saturated carbocycles. The molecule has 14 heteroatoms. The van der Waals surface area contributed by atoms with Crippen LogP contribution in [0, 0.1) is 23.2 Å². The summed E-state index contributed by atoms with van der Waals surface area (Å²) in [6.45, 7) is 2.90. The van der Waals surface area contributed by atoms with Gasteiger partial charge in [-0.2, -0.15) is 34.8 Å². The van der Waals surface area contributed by atoms with E-state index in [-0.39, 0.29) is 29.4 Å². The van der Waals surface area contributed by atoms with E-state index in [9.17, 15) is 26.7 Å². The average molecular weight is 598 g/mol. The van der Waals surface area contributed by atoms with Crippen molar-refractivity contribution in [3.05, 3.63) is 41.2 Å². The fraction of sp³-hybridized carbons (Fsp3) is 0.615. The van der Waals surface area contributed by atoms with Gasteiger partial charge in [0.1, 0.15) is 5.82 Å². The Morgan fingerprint density at radius 1 is 1.18 bits per heavy atom. The molecule has 7 nitrogen and oxygen atoms in total. The van der Waals surface area contributed by atoms with Crippen LogP contribution < -0.4 is 10.1 Å². The maximum atomic E-state index is 15.5. The van der Waals surface area contributed by atoms with Crippen LogP contribution in [0.5, 0.6) is 5.75 Å². The number of rotatable bonds is 9. The number of alkyl halides is 5. The first-order valence-corrected chi connectivity index (χ1v) is 13.4. The molecular formula is C26H33F6N3O4S. The summed E-state index contributed by atoms with van der Waals surface area (Å²) in [7, 11) is 0. The van der Waals surface area contributed by atoms with Gasteiger partial charge in [0.25, 0.3) is 5.91 Å². The molecule has 0 spiro atoms. The fourth-order valence-electron chi connectivity index (χ4n) is 4.58. The topological polar surface area (TPSA) is 90.3 Å². The Balaban J connectivity index is 0.00000178. The molecule has 1 aliphatic rings. The van der Waals surface area contributed by atoms with E-state index in [2.05, 4.69) is 22.0 Å². The van der Waals surface area contributed by atoms with Gasteiger partial charge in [-0.05, 0) is 48.8 Å². The Labute approximate surface area is 232 Å². The van der Waals surface area contributed by atoms with E-state index in [1.54, 1.807) is 6.92 Å². The first kappa shape index (κ1) is 33.3. The molecule has 0 radical (unpaired) electrons. The minimum absolute atomic E-state index is 0.0802. The quantitative estimate of drug-likeness (QED) is 0.348. The van der Waals surface area contributed by atoms with Crippen molar-refractivity contribution in [1.82, 2.24) is 14.9 Å². The van der Waals surface area contributed by atoms with Crippen molar-refractivity contribution in [2.45, 2.75) is 79.0 Å². The Hall–Kier alpha value is -2.90. The number of nitrogens with one attached hydrogen (secondary N) is 1. The van der Waals surface area contributed by atoms with Crippen LogP contribution in [0.25, 0.3) is 5.69 Å². The summed E-state index contributed by atoms with van der Waals surface area (Å²) in [5.41, 5.74) is -2.71. The number of carbonyl (C=O) groups excluding carboxylic acids is 1. The van der Waals surface area contributed by atoms with E-state index in [0.717, 1.165) is 50.2 Å². The fourth-order valence-corrected chi connectivity index (χ4v) is 4.58. The van der Waals surface area contributed by atoms with Crippen molar-refractivity contribution in [3.8, 4) is 11.4 Å². The number of hydrogen-bond donors (Lipinski definition) is 1. The van der Waals surface area contributed by atoms with Gasteiger partial charge in [-0.25, -0.2) is 4.98 Å². The molecule has 0 unspecified atom stereocenters. The second kappa shape index (κ2) is 14.1. The highest BCUT2D eigenvalue weighted by atomic mass is 32.1. The second-order valence-corrected chi connectivity index (χ2v) is 10.6. The molecule has 2 aromatic rings. The van der Waals surface area contributed by atoms with Crippen molar-refractivity contribution in [3.63, 3.8) is 0 Å². The number of amides is 1. The number of carbonyl (C=O) groups is 1. The van der Waals surface area contributed by atoms with Crippen LogP contribution in [0.2, 0.25) is 0 Å². The lowest BCUT2D eigenvalue weighted by molar-refractivity contribution is -0.211. The SMILES string of the molecule is CCc1nc(C(=O)NCC2CCC(C)CC2)c(F)n1-c1ccc(CC(C)(C)C(F)(F)F)cc1OC(F)F.O=S=O. The molecule has 1 heterocycles. The third-order valence-electron chi connectivity index (χ3n) is 7.00. The van der Waals surface area contributed by atoms with Gasteiger partial charge in [0.05, 0.1) is 11.1 Å². The first-order valence-electron chi connectivity index (χ1n) is 12.8. The summed E-state index contributed by atoms with van der Waals surface area (Å²) in [5.74, 6) is -1.28. The Morgan fingerprint density at radius 3 is 2.30 bits per heavy atom. The highest BCUT2D eigenvalue weighted by Crippen LogP contribution is 2.41. The highest BCUT2D eigenvalue weighted by Gasteiger charge is 2.47. The van der Waals surface area contributed by atoms with Gasteiger partial charge >= 0.3 is 24.4 Å². The zero-order valence-corrected chi connectivity index (χ0v) is 23.4. The summed E-state index contributed by atoms with van der Waals surface area (Å²) >= 11 is -0.750. The Morgan fingerprint density at radius 2 is 1.77 bits per heavy atom. The predicted molar refractivity (Wildman–Crippen MR) is 135 cm³/mol. The molecule has 40 heavy (non-hydrogen) atoms. The molecule has 3 rings (SSSR count). The van der Waals surface area contributed by atoms with Crippen LogP contribution in [0.4, 0.5) is 26.3 Å². The molecule has 1 fully saturated rings. The van der Waals surface area contributed by atoms with Gasteiger partial charge < -0.3 is 10.1 Å². The van der Waals surface area contributed by atoms with Crippen molar-refractivity contribution < 1.29 is 44.3 Å². The lowest BCUT2D eigenvalue weighted by Crippen LogP contribution is -2.34. The van der Waals surface area contributed by atoms with Crippen molar-refractivity contribution >= 4 is 17.5 Å². The van der Waals surface area contributed by atoms with E-state index in [0.29, 0.717) is 12.5 Å². The minimum atomic E-state index is -4.53. The maximum Gasteiger partial charge on any atom is 0.394 e. The van der Waals surface area contributed by atoms with E-state index in [1.165, 1.54) is 12.1 Å². The zero-order valence-electron chi connectivity index (χ0n) is 22.6. The van der Waals surface area contributed by atoms with Crippen LogP contribution >= 0.6 is 0 Å². The molecule has 0 bridgehead atoms. The molecule has 1 N–H and O–H groups in total. The minimum Gasteiger partial charge on any atom is -0.433 e. The number of hydrogen-bond acceptors (Lipinski definition) is 5. The van der Waals surface area contributed by atoms with Crippen molar-refractivity contribution in [2.75, 3.05) is 6.54 Å². The van der Waals surface area contributed by atoms with E-state index in [4.69, 9.17) is 8.42 Å². The van der Waals surface area contributed by atoms with Crippen LogP contribution in [0.15, 0.2) is 18.2 Å². The molecule has 0 atom stereocenters. The molecule has 1 aromatic carbocycles. The standard InChI is InChI=1S/C26H33F6N3O2.O2S/c1-5-20-34-21(23(36)33-14-16-8-6-15(2)7-9-16)22(27)35(20)18-11-10-17(12-19(18)37-24(28)29)13-25(3,4)26(30,31)32;1-3-2/h10-12,15-16,24H,5-9,13-14H2,1-4H3,(H,33,36);. The van der Waals surface area contributed by atoms with Gasteiger partial charge in [-0.15, -0.1) is 0 Å². The summed E-state index contributed by atoms with van der Waals surface area (Å²) in [5, 5.41) is 2.72. The lowest BCUT2D eigenvalue weighted by Gasteiger charge is -2.28. The number of benzene rings is 1. The van der Waals surface area contributed by atoms with E-state index >= 15 is 4.39 Å². The molecular weight excluding hydrogens is 564 g/mol. The molecule has 0 aliphatic heterocycles. The van der Waals surface area contributed by atoms with Gasteiger partial charge in [0, 0.05) is 13.0 Å². The number of aryl methyl sites for hydroxylation is 1. The van der Waals surface area contributed by atoms with Gasteiger partial charge in [-0.1, -0.05) is 46.6 Å². The average Bonchev–Trinajstić information content (AvgIpc) is 3.19. The first-order chi connectivity index (χ1) is 18.6. The largest absolute Gasteiger partial charge is 0.433 e. The summed E-state index contributed by atoms with van der Waals surface area (Å²) < 4.78 is 104. The smallest absolute Gasteiger partial charge is 0.394 e. The van der Waals surface area contributed by atoms with Crippen LogP contribution in [0.3, 0.4) is 0 Å². The molecule has 0 saturated heterocycles. The Bertz CT molecular complexity index is 1190. The summed E-state index contributed by atoms with van der Waals surface area (Å²) in [6, 6.07) is 3.54. The second-order valence-electron chi connectivity index (χ2n) is 10.5. The van der Waals surface area contributed by atoms with Gasteiger partial charge in [0.2, 0.25) is 5.95 Å². The molecule has 1 amide bonds. The maximum absolute atomic E-state index is 15.5. The van der Waals surface area contributed by atoms with E-state index in [1.807, 2.05) is 0 Å². The van der Waals surface area contributed by atoms with Gasteiger partial charge in [0.15, 0.2) is 11.4 Å². The normalized spacial score (nSPS) is 17.7. The predicted octanol–water partition coefficient (Wildman–Crippen LogP) is 6.19. The van der Waals surface area contributed by atoms with Crippen LogP contribution in [0.1, 0.15) is 75.3 Å². The number of halogens is 6. The number of aromatic nitrogens is 2. The van der Waals surface area contributed by atoms with Crippen molar-refractivity contribution in [1.29, 1.82) is 0 Å². The summed E-state index contributed by atoms with van der Waals surface area (Å²) in [4.78, 5) is 16.9. The zero-order chi connectivity index (χ0) is 30.3. The third-order valence-corrected chi connectivity index (χ3v) is 7.00. The monoisotopic (exact) mass is 597 g/mol. The summed E-state index contributed by atoms with van der Waals surface area (Å²) in [6.07, 6.45) is -0.827. The van der Waals surface area contributed by atoms with Crippen LogP contribution in [-0.4, -0.2) is 43.2 Å². The molecule has 1 aliphatic carbocycles. The number of imidazole rings is 1.